The number of esters is 5. The molecule has 0 aromatic carbocycles. The fourth-order valence-corrected chi connectivity index (χ4v) is 33.5. The summed E-state index contributed by atoms with van der Waals surface area (Å²) in [7, 11) is -2.93. The predicted octanol–water partition coefficient (Wildman–Crippen LogP) is 17.9. The number of methoxy groups -OCH3 is 2. The number of carbonyl (C=O) groups is 6. The molecule has 1 unspecified atom stereocenters. The van der Waals surface area contributed by atoms with Gasteiger partial charge in [-0.3, -0.25) is 24.0 Å². The van der Waals surface area contributed by atoms with Crippen molar-refractivity contribution in [2.75, 3.05) is 65.4 Å². The zero-order chi connectivity index (χ0) is 68.7. The van der Waals surface area contributed by atoms with Gasteiger partial charge in [0.2, 0.25) is 0 Å². The standard InChI is InChI=1S/C75H135NO15SSi3/c1-11-13-44-93(5,6)90-95(9,10)91-94(7,8)45-43-92-42-14-39-85-54-75(12-2,55-88-72(80)52-66-31-21-59(22-32-66)46-57-15-25-63(26-16-57)49-69(77)83-3)56-89-73(81)53-67-33-23-60(24-34-67)47-58-19-29-65(30-20-58)51-71(79)86-40-41-87-74(82)76-68-37-35-62(36-38-68)48-61-17-27-64(28-18-61)50-70(78)84-4/h57-68H,11-56H2,1-10H3,(H,76,82). The number of thioether (sulfide) groups is 1. The molecule has 6 fully saturated rings. The highest BCUT2D eigenvalue weighted by Crippen LogP contribution is 2.43. The summed E-state index contributed by atoms with van der Waals surface area (Å²) in [5, 5.41) is 3.04. The first kappa shape index (κ1) is 81.5. The normalized spacial score (nSPS) is 27.7. The van der Waals surface area contributed by atoms with Gasteiger partial charge in [-0.15, -0.1) is 0 Å². The maximum atomic E-state index is 13.7. The van der Waals surface area contributed by atoms with Gasteiger partial charge in [0, 0.05) is 44.8 Å². The van der Waals surface area contributed by atoms with Crippen molar-refractivity contribution in [2.24, 2.45) is 70.5 Å². The maximum Gasteiger partial charge on any atom is 0.407 e. The average Bonchev–Trinajstić information content (AvgIpc) is 1.05. The molecular formula is C75H135NO15SSi3. The van der Waals surface area contributed by atoms with Crippen LogP contribution in [0.3, 0.4) is 0 Å². The Balaban J connectivity index is 0.840. The third-order valence-corrected chi connectivity index (χ3v) is 35.9. The number of ether oxygens (including phenoxy) is 7. The van der Waals surface area contributed by atoms with E-state index in [9.17, 15) is 28.8 Å². The Kier molecular flexibility index (Phi) is 36.6. The number of hydrogen-bond acceptors (Lipinski definition) is 16. The average molecular weight is 1410 g/mol. The van der Waals surface area contributed by atoms with Crippen LogP contribution in [0, 0.1) is 70.5 Å². The van der Waals surface area contributed by atoms with Gasteiger partial charge < -0.3 is 46.7 Å². The number of alkyl carbamates (subject to hydrolysis) is 1. The summed E-state index contributed by atoms with van der Waals surface area (Å²) in [5.74, 6) is 7.37. The van der Waals surface area contributed by atoms with Crippen LogP contribution in [0.2, 0.25) is 51.4 Å². The minimum Gasteiger partial charge on any atom is -0.469 e. The van der Waals surface area contributed by atoms with Crippen LogP contribution in [0.15, 0.2) is 0 Å². The SMILES string of the molecule is CCCC[Si](C)(C)O[Si](C)(C)O[Si](C)(C)CCSCCCOCC(CC)(COC(=O)CC1CCC(CC2CCC(CC(=O)OC)CC2)CC1)COC(=O)CC1CCC(CC2CCC(CC(=O)OCCOC(=O)NC3CCC(CC4CCC(CC(=O)OC)CC4)CC3)CC2)CC1. The zero-order valence-electron chi connectivity index (χ0n) is 61.5. The molecule has 1 N–H and O–H groups in total. The van der Waals surface area contributed by atoms with Gasteiger partial charge in [-0.1, -0.05) is 90.9 Å². The van der Waals surface area contributed by atoms with E-state index in [-0.39, 0.29) is 62.3 Å². The first-order valence-corrected chi connectivity index (χ1v) is 48.7. The van der Waals surface area contributed by atoms with Gasteiger partial charge in [-0.2, -0.15) is 11.8 Å². The molecule has 95 heavy (non-hydrogen) atoms. The molecule has 6 saturated carbocycles. The Labute approximate surface area is 583 Å². The van der Waals surface area contributed by atoms with Crippen LogP contribution in [-0.2, 0) is 65.4 Å². The highest BCUT2D eigenvalue weighted by Gasteiger charge is 2.40. The van der Waals surface area contributed by atoms with Crippen molar-refractivity contribution in [3.8, 4) is 0 Å². The van der Waals surface area contributed by atoms with Gasteiger partial charge in [-0.05, 0) is 250 Å². The van der Waals surface area contributed by atoms with Gasteiger partial charge in [0.1, 0.15) is 26.4 Å². The van der Waals surface area contributed by atoms with Crippen LogP contribution >= 0.6 is 11.8 Å². The summed E-state index contributed by atoms with van der Waals surface area (Å²) >= 11 is 1.96. The van der Waals surface area contributed by atoms with E-state index >= 15 is 0 Å². The largest absolute Gasteiger partial charge is 0.469 e. The third-order valence-electron chi connectivity index (χ3n) is 23.2. The highest BCUT2D eigenvalue weighted by atomic mass is 32.2. The van der Waals surface area contributed by atoms with Gasteiger partial charge in [-0.25, -0.2) is 4.79 Å². The van der Waals surface area contributed by atoms with Crippen LogP contribution in [-0.4, -0.2) is 133 Å². The number of nitrogens with one attached hydrogen (secondary N) is 1. The first-order chi connectivity index (χ1) is 45.4. The summed E-state index contributed by atoms with van der Waals surface area (Å²) < 4.78 is 53.1. The van der Waals surface area contributed by atoms with Crippen molar-refractivity contribution in [1.82, 2.24) is 5.32 Å². The van der Waals surface area contributed by atoms with Crippen LogP contribution in [0.25, 0.3) is 0 Å². The van der Waals surface area contributed by atoms with Gasteiger partial charge in [0.15, 0.2) is 16.6 Å². The summed E-state index contributed by atoms with van der Waals surface area (Å²) in [6.45, 7) is 19.6. The smallest absolute Gasteiger partial charge is 0.407 e. The Morgan fingerprint density at radius 1 is 0.400 bits per heavy atom. The van der Waals surface area contributed by atoms with E-state index in [1.807, 2.05) is 11.8 Å². The summed E-state index contributed by atoms with van der Waals surface area (Å²) in [6, 6.07) is 2.38. The molecule has 0 saturated heterocycles. The molecule has 0 heterocycles. The lowest BCUT2D eigenvalue weighted by Crippen LogP contribution is -2.52. The van der Waals surface area contributed by atoms with Crippen molar-refractivity contribution >= 4 is 72.9 Å². The lowest BCUT2D eigenvalue weighted by Gasteiger charge is -2.38. The van der Waals surface area contributed by atoms with E-state index in [1.165, 1.54) is 78.1 Å². The molecule has 0 aliphatic heterocycles. The predicted molar refractivity (Wildman–Crippen MR) is 386 cm³/mol. The minimum absolute atomic E-state index is 0.0532. The van der Waals surface area contributed by atoms with Gasteiger partial charge in [0.05, 0.1) is 26.2 Å². The number of hydrogen-bond donors (Lipinski definition) is 1. The molecule has 6 rings (SSSR count). The molecular weight excluding hydrogens is 1270 g/mol. The number of carbonyl (C=O) groups excluding carboxylic acids is 6. The van der Waals surface area contributed by atoms with E-state index < -0.39 is 36.7 Å². The number of amides is 1. The lowest BCUT2D eigenvalue weighted by molar-refractivity contribution is -0.159. The summed E-state index contributed by atoms with van der Waals surface area (Å²) in [6.07, 6.45) is 36.0. The monoisotopic (exact) mass is 1410 g/mol. The fraction of sp³-hybridized carbons (Fsp3) is 0.920. The molecule has 6 aliphatic rings. The Bertz CT molecular complexity index is 2230. The van der Waals surface area contributed by atoms with E-state index in [2.05, 4.69) is 58.4 Å². The Morgan fingerprint density at radius 2 is 0.747 bits per heavy atom. The second-order valence-electron chi connectivity index (χ2n) is 32.7. The molecule has 0 aromatic heterocycles. The fourth-order valence-electron chi connectivity index (χ4n) is 17.3. The molecule has 16 nitrogen and oxygen atoms in total. The maximum absolute atomic E-state index is 13.7. The second kappa shape index (κ2) is 42.7. The van der Waals surface area contributed by atoms with Crippen LogP contribution < -0.4 is 5.32 Å². The molecule has 1 atom stereocenters. The van der Waals surface area contributed by atoms with Gasteiger partial charge in [0.25, 0.3) is 0 Å². The van der Waals surface area contributed by atoms with Crippen LogP contribution in [0.1, 0.15) is 245 Å². The van der Waals surface area contributed by atoms with Crippen molar-refractivity contribution < 1.29 is 70.2 Å². The van der Waals surface area contributed by atoms with Crippen molar-refractivity contribution in [3.63, 3.8) is 0 Å². The van der Waals surface area contributed by atoms with E-state index in [4.69, 9.17) is 41.4 Å². The number of unbranched alkanes of at least 4 members (excludes halogenated alkanes) is 1. The van der Waals surface area contributed by atoms with E-state index in [1.54, 1.807) is 0 Å². The van der Waals surface area contributed by atoms with E-state index in [0.717, 1.165) is 164 Å². The Morgan fingerprint density at radius 3 is 1.13 bits per heavy atom. The van der Waals surface area contributed by atoms with Crippen molar-refractivity contribution in [3.05, 3.63) is 0 Å². The minimum atomic E-state index is -2.23. The second-order valence-corrected chi connectivity index (χ2v) is 46.4. The Hall–Kier alpha value is -2.50. The number of rotatable bonds is 41. The van der Waals surface area contributed by atoms with Crippen molar-refractivity contribution in [2.45, 2.75) is 302 Å². The molecule has 0 radical (unpaired) electrons. The molecule has 1 amide bonds. The quantitative estimate of drug-likeness (QED) is 0.0262. The molecule has 0 bridgehead atoms. The highest BCUT2D eigenvalue weighted by molar-refractivity contribution is 7.99. The van der Waals surface area contributed by atoms with Crippen molar-refractivity contribution in [1.29, 1.82) is 0 Å². The van der Waals surface area contributed by atoms with E-state index in [0.29, 0.717) is 105 Å². The molecule has 20 heteroatoms. The van der Waals surface area contributed by atoms with Gasteiger partial charge >= 0.3 is 44.5 Å². The topological polar surface area (TPSA) is 198 Å². The summed E-state index contributed by atoms with van der Waals surface area (Å²) in [4.78, 5) is 76.3. The van der Waals surface area contributed by atoms with Crippen LogP contribution in [0.5, 0.6) is 0 Å². The lowest BCUT2D eigenvalue weighted by atomic mass is 9.72. The van der Waals surface area contributed by atoms with Crippen LogP contribution in [0.4, 0.5) is 4.79 Å². The molecule has 6 aliphatic carbocycles. The molecule has 548 valence electrons. The molecule has 0 spiro atoms. The zero-order valence-corrected chi connectivity index (χ0v) is 65.3. The molecule has 0 aromatic rings. The first-order valence-electron chi connectivity index (χ1n) is 38.5. The summed E-state index contributed by atoms with van der Waals surface area (Å²) in [5.41, 5.74) is -0.630. The third kappa shape index (κ3) is 32.8.